The summed E-state index contributed by atoms with van der Waals surface area (Å²) in [5.41, 5.74) is 3.86. The molecule has 4 nitrogen and oxygen atoms in total. The molecule has 0 saturated heterocycles. The fourth-order valence-electron chi connectivity index (χ4n) is 5.11. The molecule has 1 amide bonds. The smallest absolute Gasteiger partial charge is 0.239 e. The number of anilines is 1. The SMILES string of the molecule is Cc1c(CO)ccc2c1NC(=O)[C@@]2(c1ccc(O)cc1)C1CCCCCC1. The first-order chi connectivity index (χ1) is 13.1. The van der Waals surface area contributed by atoms with Gasteiger partial charge >= 0.3 is 0 Å². The van der Waals surface area contributed by atoms with Crippen molar-refractivity contribution in [3.63, 3.8) is 0 Å². The zero-order chi connectivity index (χ0) is 19.0. The van der Waals surface area contributed by atoms with Crippen LogP contribution in [0.2, 0.25) is 0 Å². The lowest BCUT2D eigenvalue weighted by atomic mass is 9.63. The van der Waals surface area contributed by atoms with E-state index in [1.54, 1.807) is 12.1 Å². The Balaban J connectivity index is 1.96. The summed E-state index contributed by atoms with van der Waals surface area (Å²) in [5.74, 6) is 0.457. The molecule has 0 spiro atoms. The molecule has 1 saturated carbocycles. The fraction of sp³-hybridized carbons (Fsp3) is 0.435. The lowest BCUT2D eigenvalue weighted by molar-refractivity contribution is -0.121. The van der Waals surface area contributed by atoms with Crippen LogP contribution in [0, 0.1) is 12.8 Å². The third-order valence-electron chi connectivity index (χ3n) is 6.56. The van der Waals surface area contributed by atoms with E-state index < -0.39 is 5.41 Å². The maximum atomic E-state index is 13.6. The van der Waals surface area contributed by atoms with Crippen molar-refractivity contribution >= 4 is 11.6 Å². The number of carbonyl (C=O) groups excluding carboxylic acids is 1. The quantitative estimate of drug-likeness (QED) is 0.706. The minimum absolute atomic E-state index is 0.0216. The molecule has 142 valence electrons. The first-order valence-corrected chi connectivity index (χ1v) is 9.93. The summed E-state index contributed by atoms with van der Waals surface area (Å²) in [7, 11) is 0. The molecule has 1 fully saturated rings. The van der Waals surface area contributed by atoms with Gasteiger partial charge in [0.05, 0.1) is 6.61 Å². The molecule has 1 atom stereocenters. The molecule has 3 N–H and O–H groups in total. The van der Waals surface area contributed by atoms with E-state index in [2.05, 4.69) is 5.32 Å². The van der Waals surface area contributed by atoms with Crippen LogP contribution in [0.5, 0.6) is 5.75 Å². The van der Waals surface area contributed by atoms with Gasteiger partial charge in [-0.05, 0) is 60.1 Å². The number of hydrogen-bond acceptors (Lipinski definition) is 3. The highest BCUT2D eigenvalue weighted by Crippen LogP contribution is 2.53. The summed E-state index contributed by atoms with van der Waals surface area (Å²) < 4.78 is 0. The van der Waals surface area contributed by atoms with Gasteiger partial charge in [0, 0.05) is 5.69 Å². The van der Waals surface area contributed by atoms with E-state index >= 15 is 0 Å². The van der Waals surface area contributed by atoms with Gasteiger partial charge in [-0.3, -0.25) is 4.79 Å². The lowest BCUT2D eigenvalue weighted by Crippen LogP contribution is -2.43. The second-order valence-electron chi connectivity index (χ2n) is 7.93. The number of phenols is 1. The first-order valence-electron chi connectivity index (χ1n) is 9.93. The number of carbonyl (C=O) groups is 1. The predicted octanol–water partition coefficient (Wildman–Crippen LogP) is 4.40. The van der Waals surface area contributed by atoms with E-state index in [1.807, 2.05) is 31.2 Å². The highest BCUT2D eigenvalue weighted by molar-refractivity contribution is 6.09. The number of nitrogens with one attached hydrogen (secondary N) is 1. The van der Waals surface area contributed by atoms with Crippen LogP contribution >= 0.6 is 0 Å². The number of aliphatic hydroxyl groups is 1. The summed E-state index contributed by atoms with van der Waals surface area (Å²) in [6, 6.07) is 11.1. The van der Waals surface area contributed by atoms with Crippen LogP contribution in [0.3, 0.4) is 0 Å². The second-order valence-corrected chi connectivity index (χ2v) is 7.93. The predicted molar refractivity (Wildman–Crippen MR) is 106 cm³/mol. The number of amides is 1. The number of phenolic OH excluding ortho intramolecular Hbond substituents is 1. The zero-order valence-electron chi connectivity index (χ0n) is 15.8. The summed E-state index contributed by atoms with van der Waals surface area (Å²) in [6.07, 6.45) is 6.77. The molecule has 27 heavy (non-hydrogen) atoms. The highest BCUT2D eigenvalue weighted by atomic mass is 16.3. The van der Waals surface area contributed by atoms with Crippen molar-refractivity contribution in [3.8, 4) is 5.75 Å². The van der Waals surface area contributed by atoms with Crippen molar-refractivity contribution in [2.45, 2.75) is 57.5 Å². The monoisotopic (exact) mass is 365 g/mol. The molecule has 4 heteroatoms. The molecule has 2 aromatic carbocycles. The van der Waals surface area contributed by atoms with E-state index in [9.17, 15) is 15.0 Å². The molecule has 0 radical (unpaired) electrons. The van der Waals surface area contributed by atoms with Gasteiger partial charge in [0.15, 0.2) is 0 Å². The Labute approximate surface area is 160 Å². The van der Waals surface area contributed by atoms with Gasteiger partial charge in [0.25, 0.3) is 0 Å². The number of aliphatic hydroxyl groups excluding tert-OH is 1. The number of rotatable bonds is 3. The largest absolute Gasteiger partial charge is 0.508 e. The average molecular weight is 365 g/mol. The topological polar surface area (TPSA) is 69.6 Å². The summed E-state index contributed by atoms with van der Waals surface area (Å²) in [6.45, 7) is 1.93. The van der Waals surface area contributed by atoms with E-state index in [-0.39, 0.29) is 24.2 Å². The minimum atomic E-state index is -0.730. The van der Waals surface area contributed by atoms with E-state index in [1.165, 1.54) is 12.8 Å². The molecule has 1 aliphatic heterocycles. The maximum absolute atomic E-state index is 13.6. The van der Waals surface area contributed by atoms with Crippen LogP contribution in [0.4, 0.5) is 5.69 Å². The summed E-state index contributed by atoms with van der Waals surface area (Å²) in [4.78, 5) is 13.6. The third kappa shape index (κ3) is 2.74. The van der Waals surface area contributed by atoms with Crippen molar-refractivity contribution in [1.29, 1.82) is 0 Å². The van der Waals surface area contributed by atoms with Crippen LogP contribution in [0.1, 0.15) is 60.8 Å². The van der Waals surface area contributed by atoms with Crippen molar-refractivity contribution in [2.75, 3.05) is 5.32 Å². The third-order valence-corrected chi connectivity index (χ3v) is 6.56. The molecule has 0 aromatic heterocycles. The Morgan fingerprint density at radius 1 is 1.04 bits per heavy atom. The Morgan fingerprint density at radius 3 is 2.33 bits per heavy atom. The maximum Gasteiger partial charge on any atom is 0.239 e. The number of fused-ring (bicyclic) bond motifs is 1. The first kappa shape index (κ1) is 18.1. The molecular weight excluding hydrogens is 338 g/mol. The number of aromatic hydroxyl groups is 1. The summed E-state index contributed by atoms with van der Waals surface area (Å²) in [5, 5.41) is 22.6. The Kier molecular flexibility index (Phi) is 4.68. The van der Waals surface area contributed by atoms with Crippen LogP contribution < -0.4 is 5.32 Å². The lowest BCUT2D eigenvalue weighted by Gasteiger charge is -2.36. The minimum Gasteiger partial charge on any atom is -0.508 e. The van der Waals surface area contributed by atoms with Crippen LogP contribution in [-0.2, 0) is 16.8 Å². The number of hydrogen-bond donors (Lipinski definition) is 3. The molecule has 1 heterocycles. The molecule has 2 aliphatic rings. The van der Waals surface area contributed by atoms with Gasteiger partial charge < -0.3 is 15.5 Å². The van der Waals surface area contributed by atoms with Crippen LogP contribution in [-0.4, -0.2) is 16.1 Å². The zero-order valence-corrected chi connectivity index (χ0v) is 15.8. The van der Waals surface area contributed by atoms with Gasteiger partial charge in [-0.2, -0.15) is 0 Å². The van der Waals surface area contributed by atoms with Crippen molar-refractivity contribution in [3.05, 3.63) is 58.7 Å². The van der Waals surface area contributed by atoms with Gasteiger partial charge in [-0.1, -0.05) is 49.9 Å². The molecule has 0 bridgehead atoms. The molecule has 4 rings (SSSR count). The standard InChI is InChI=1S/C23H27NO3/c1-15-16(14-25)8-13-20-21(15)24-22(27)23(20,17-6-4-2-3-5-7-17)18-9-11-19(26)12-10-18/h8-13,17,25-26H,2-7,14H2,1H3,(H,24,27)/t23-/m1/s1. The average Bonchev–Trinajstić information content (AvgIpc) is 2.83. The Morgan fingerprint density at radius 2 is 1.70 bits per heavy atom. The fourth-order valence-corrected chi connectivity index (χ4v) is 5.11. The van der Waals surface area contributed by atoms with Gasteiger partial charge in [-0.25, -0.2) is 0 Å². The number of benzene rings is 2. The van der Waals surface area contributed by atoms with Gasteiger partial charge in [0.2, 0.25) is 5.91 Å². The van der Waals surface area contributed by atoms with E-state index in [4.69, 9.17) is 0 Å². The normalized spacial score (nSPS) is 23.0. The molecule has 2 aromatic rings. The molecule has 0 unspecified atom stereocenters. The summed E-state index contributed by atoms with van der Waals surface area (Å²) >= 11 is 0. The van der Waals surface area contributed by atoms with Crippen LogP contribution in [0.25, 0.3) is 0 Å². The second kappa shape index (κ2) is 7.01. The Hall–Kier alpha value is -2.33. The van der Waals surface area contributed by atoms with Crippen molar-refractivity contribution in [2.24, 2.45) is 5.92 Å². The Bertz CT molecular complexity index is 851. The molecular formula is C23H27NO3. The molecule has 1 aliphatic carbocycles. The van der Waals surface area contributed by atoms with Crippen LogP contribution in [0.15, 0.2) is 36.4 Å². The highest BCUT2D eigenvalue weighted by Gasteiger charge is 2.53. The van der Waals surface area contributed by atoms with E-state index in [0.29, 0.717) is 0 Å². The van der Waals surface area contributed by atoms with Crippen molar-refractivity contribution in [1.82, 2.24) is 0 Å². The van der Waals surface area contributed by atoms with E-state index in [0.717, 1.165) is 53.6 Å². The van der Waals surface area contributed by atoms with Gasteiger partial charge in [0.1, 0.15) is 11.2 Å². The van der Waals surface area contributed by atoms with Gasteiger partial charge in [-0.15, -0.1) is 0 Å². The van der Waals surface area contributed by atoms with Crippen molar-refractivity contribution < 1.29 is 15.0 Å².